The van der Waals surface area contributed by atoms with Crippen LogP contribution in [-0.4, -0.2) is 9.13 Å². The number of fused-ring (bicyclic) bond motifs is 6. The van der Waals surface area contributed by atoms with Crippen LogP contribution in [0.15, 0.2) is 267 Å². The van der Waals surface area contributed by atoms with E-state index in [1.54, 1.807) is 0 Å². The number of hydrogen-bond donors (Lipinski definition) is 0. The molecular formula is C90H84N4. The number of benzene rings is 12. The molecule has 4 nitrogen and oxygen atoms in total. The van der Waals surface area contributed by atoms with Crippen molar-refractivity contribution in [2.45, 2.75) is 118 Å². The van der Waals surface area contributed by atoms with Crippen LogP contribution in [0.1, 0.15) is 110 Å². The Hall–Kier alpha value is -10.2. The first-order valence-corrected chi connectivity index (χ1v) is 34.8. The average Bonchev–Trinajstić information content (AvgIpc) is 1.58. The molecule has 2 heterocycles. The van der Waals surface area contributed by atoms with Crippen molar-refractivity contribution in [3.8, 4) is 33.6 Å². The van der Waals surface area contributed by atoms with Gasteiger partial charge in [-0.2, -0.15) is 0 Å². The summed E-state index contributed by atoms with van der Waals surface area (Å²) >= 11 is 0. The Labute approximate surface area is 556 Å². The molecule has 0 fully saturated rings. The Kier molecular flexibility index (Phi) is 17.1. The van der Waals surface area contributed by atoms with E-state index in [4.69, 9.17) is 0 Å². The molecule has 94 heavy (non-hydrogen) atoms. The maximum atomic E-state index is 2.52. The zero-order chi connectivity index (χ0) is 63.5. The molecule has 0 saturated heterocycles. The zero-order valence-corrected chi connectivity index (χ0v) is 55.1. The van der Waals surface area contributed by atoms with Gasteiger partial charge in [0.25, 0.3) is 0 Å². The molecule has 0 saturated carbocycles. The standard InChI is InChI=1S/C90H84N4/c1-5-7-9-13-19-65-33-47-77(48-34-65)93-87-53-41-71(59-83(87)85-61-79(51-55-89(85)93)91(73-21-15-11-16-22-73)75-43-25-63(3)26-44-75)81-57-67-29-37-69(81)39-31-68-30-38-70(40-32-67)82(58-68)72-42-54-88-84(60-72)86-62-80(92(74-23-17-12-18-24-74)76-45-27-64(4)28-46-76)52-56-90(86)94(88)78-49-35-66(36-50-78)20-14-10-8-6-2/h11-12,15-18,21-30,33-38,41-62H,5-10,13-14,19-20,31-32,39-40H2,1-4H3. The first-order valence-electron chi connectivity index (χ1n) is 34.8. The molecular weight excluding hydrogens is 1140 g/mol. The molecule has 0 aliphatic heterocycles. The van der Waals surface area contributed by atoms with Crippen LogP contribution in [0.25, 0.3) is 77.2 Å². The molecule has 4 heteroatoms. The summed E-state index contributed by atoms with van der Waals surface area (Å²) in [5, 5.41) is 5.00. The van der Waals surface area contributed by atoms with Gasteiger partial charge in [-0.05, 0) is 254 Å². The molecule has 0 N–H and O–H groups in total. The monoisotopic (exact) mass is 1220 g/mol. The van der Waals surface area contributed by atoms with Gasteiger partial charge >= 0.3 is 0 Å². The first kappa shape index (κ1) is 60.1. The Balaban J connectivity index is 0.804. The molecule has 4 aliphatic carbocycles. The smallest absolute Gasteiger partial charge is 0.0542 e. The van der Waals surface area contributed by atoms with Crippen LogP contribution < -0.4 is 9.80 Å². The van der Waals surface area contributed by atoms with Gasteiger partial charge < -0.3 is 18.9 Å². The topological polar surface area (TPSA) is 16.3 Å². The van der Waals surface area contributed by atoms with Gasteiger partial charge in [0.2, 0.25) is 0 Å². The molecule has 464 valence electrons. The minimum absolute atomic E-state index is 0.928. The largest absolute Gasteiger partial charge is 0.310 e. The summed E-state index contributed by atoms with van der Waals surface area (Å²) in [6.07, 6.45) is 16.1. The highest BCUT2D eigenvalue weighted by Gasteiger charge is 2.23. The molecule has 0 amide bonds. The van der Waals surface area contributed by atoms with Crippen LogP contribution in [0, 0.1) is 13.8 Å². The van der Waals surface area contributed by atoms with Gasteiger partial charge in [0.15, 0.2) is 0 Å². The van der Waals surface area contributed by atoms with Crippen LogP contribution in [0.4, 0.5) is 34.1 Å². The van der Waals surface area contributed by atoms with Gasteiger partial charge in [-0.1, -0.05) is 197 Å². The first-order chi connectivity index (χ1) is 46.3. The Morgan fingerprint density at radius 1 is 0.298 bits per heavy atom. The van der Waals surface area contributed by atoms with Gasteiger partial charge in [0, 0.05) is 67.0 Å². The summed E-state index contributed by atoms with van der Waals surface area (Å²) in [4.78, 5) is 4.80. The molecule has 0 unspecified atom stereocenters. The SMILES string of the molecule is CCCCCCc1ccc(-n2c3ccc(-c4cc5ccc4CCc4ccc(c(-c6ccc7c(c6)c6cc(N(c8ccccc8)c8ccc(C)cc8)ccc6n7-c6ccc(CCCCCC)cc6)c4)CC5)cc3c3cc(N(c4ccccc4)c4ccc(C)cc4)ccc32)cc1. The summed E-state index contributed by atoms with van der Waals surface area (Å²) in [6.45, 7) is 8.90. The summed E-state index contributed by atoms with van der Waals surface area (Å²) in [6, 6.07) is 102. The van der Waals surface area contributed by atoms with Crippen molar-refractivity contribution < 1.29 is 0 Å². The predicted molar refractivity (Wildman–Crippen MR) is 402 cm³/mol. The highest BCUT2D eigenvalue weighted by molar-refractivity contribution is 6.13. The Morgan fingerprint density at radius 2 is 0.660 bits per heavy atom. The van der Waals surface area contributed by atoms with E-state index >= 15 is 0 Å². The van der Waals surface area contributed by atoms with E-state index in [1.165, 1.54) is 173 Å². The number of para-hydroxylation sites is 2. The third kappa shape index (κ3) is 12.1. The second kappa shape index (κ2) is 26.8. The minimum atomic E-state index is 0.928. The summed E-state index contributed by atoms with van der Waals surface area (Å²) < 4.78 is 4.99. The molecule has 0 atom stereocenters. The summed E-state index contributed by atoms with van der Waals surface area (Å²) in [5.41, 5.74) is 30.0. The van der Waals surface area contributed by atoms with E-state index in [1.807, 2.05) is 0 Å². The molecule has 0 spiro atoms. The lowest BCUT2D eigenvalue weighted by molar-refractivity contribution is 0.667. The molecule has 4 aliphatic rings. The van der Waals surface area contributed by atoms with Crippen molar-refractivity contribution in [2.24, 2.45) is 0 Å². The van der Waals surface area contributed by atoms with Crippen molar-refractivity contribution >= 4 is 77.7 Å². The minimum Gasteiger partial charge on any atom is -0.310 e. The van der Waals surface area contributed by atoms with E-state index < -0.39 is 0 Å². The number of aromatic nitrogens is 2. The number of hydrogen-bond acceptors (Lipinski definition) is 2. The normalized spacial score (nSPS) is 12.3. The van der Waals surface area contributed by atoms with E-state index in [-0.39, 0.29) is 0 Å². The van der Waals surface area contributed by atoms with Gasteiger partial charge in [0.1, 0.15) is 0 Å². The van der Waals surface area contributed by atoms with Crippen molar-refractivity contribution in [3.05, 3.63) is 311 Å². The highest BCUT2D eigenvalue weighted by Crippen LogP contribution is 2.45. The maximum absolute atomic E-state index is 2.52. The molecule has 0 radical (unpaired) electrons. The van der Waals surface area contributed by atoms with Crippen LogP contribution in [0.2, 0.25) is 0 Å². The number of nitrogens with zero attached hydrogens (tertiary/aromatic N) is 4. The lowest BCUT2D eigenvalue weighted by Gasteiger charge is -2.25. The summed E-state index contributed by atoms with van der Waals surface area (Å²) in [7, 11) is 0. The molecule has 2 aromatic heterocycles. The second-order valence-electron chi connectivity index (χ2n) is 26.5. The molecule has 18 rings (SSSR count). The fourth-order valence-electron chi connectivity index (χ4n) is 14.9. The van der Waals surface area contributed by atoms with Gasteiger partial charge in [-0.15, -0.1) is 0 Å². The van der Waals surface area contributed by atoms with Crippen molar-refractivity contribution in [1.29, 1.82) is 0 Å². The average molecular weight is 1220 g/mol. The fourth-order valence-corrected chi connectivity index (χ4v) is 14.9. The van der Waals surface area contributed by atoms with Crippen LogP contribution in [0.3, 0.4) is 0 Å². The number of rotatable bonds is 20. The quantitative estimate of drug-likeness (QED) is 0.0707. The number of anilines is 6. The van der Waals surface area contributed by atoms with E-state index in [0.717, 1.165) is 72.6 Å². The van der Waals surface area contributed by atoms with E-state index in [2.05, 4.69) is 314 Å². The van der Waals surface area contributed by atoms with Crippen molar-refractivity contribution in [3.63, 3.8) is 0 Å². The summed E-state index contributed by atoms with van der Waals surface area (Å²) in [5.74, 6) is 0. The van der Waals surface area contributed by atoms with Gasteiger partial charge in [-0.25, -0.2) is 0 Å². The Bertz CT molecular complexity index is 4660. The third-order valence-corrected chi connectivity index (χ3v) is 20.0. The van der Waals surface area contributed by atoms with Crippen molar-refractivity contribution in [1.82, 2.24) is 9.13 Å². The van der Waals surface area contributed by atoms with Crippen LogP contribution in [-0.2, 0) is 38.5 Å². The number of unbranched alkanes of at least 4 members (excludes halogenated alkanes) is 6. The van der Waals surface area contributed by atoms with E-state index in [9.17, 15) is 0 Å². The van der Waals surface area contributed by atoms with Crippen molar-refractivity contribution in [2.75, 3.05) is 9.80 Å². The second-order valence-corrected chi connectivity index (χ2v) is 26.5. The highest BCUT2D eigenvalue weighted by atomic mass is 15.1. The maximum Gasteiger partial charge on any atom is 0.0542 e. The van der Waals surface area contributed by atoms with Crippen LogP contribution >= 0.6 is 0 Å². The fraction of sp³-hybridized carbons (Fsp3) is 0.200. The molecule has 12 aromatic carbocycles. The molecule has 4 bridgehead atoms. The molecule has 14 aromatic rings. The number of aryl methyl sites for hydroxylation is 8. The van der Waals surface area contributed by atoms with Gasteiger partial charge in [0.05, 0.1) is 22.1 Å². The Morgan fingerprint density at radius 3 is 1.05 bits per heavy atom. The van der Waals surface area contributed by atoms with Gasteiger partial charge in [-0.3, -0.25) is 0 Å². The zero-order valence-electron chi connectivity index (χ0n) is 55.1. The lowest BCUT2D eigenvalue weighted by Crippen LogP contribution is -2.09. The predicted octanol–water partition coefficient (Wildman–Crippen LogP) is 24.9. The van der Waals surface area contributed by atoms with E-state index in [0.29, 0.717) is 0 Å². The van der Waals surface area contributed by atoms with Crippen LogP contribution in [0.5, 0.6) is 0 Å². The lowest BCUT2D eigenvalue weighted by atomic mass is 9.87. The third-order valence-electron chi connectivity index (χ3n) is 20.0.